The van der Waals surface area contributed by atoms with Gasteiger partial charge in [-0.25, -0.2) is 0 Å². The highest BCUT2D eigenvalue weighted by molar-refractivity contribution is 7.16. The van der Waals surface area contributed by atoms with E-state index < -0.39 is 0 Å². The Morgan fingerprint density at radius 2 is 1.96 bits per heavy atom. The lowest BCUT2D eigenvalue weighted by Gasteiger charge is -2.18. The molecule has 142 valence electrons. The van der Waals surface area contributed by atoms with E-state index in [1.165, 1.54) is 11.3 Å². The van der Waals surface area contributed by atoms with E-state index in [-0.39, 0.29) is 5.91 Å². The summed E-state index contributed by atoms with van der Waals surface area (Å²) >= 11 is 1.39. The van der Waals surface area contributed by atoms with Crippen LogP contribution in [0, 0.1) is 12.3 Å². The van der Waals surface area contributed by atoms with Crippen molar-refractivity contribution in [1.29, 1.82) is 0 Å². The third-order valence-electron chi connectivity index (χ3n) is 4.21. The number of amides is 1. The molecule has 7 heteroatoms. The molecule has 0 aliphatic carbocycles. The van der Waals surface area contributed by atoms with Gasteiger partial charge in [-0.15, -0.1) is 6.42 Å². The van der Waals surface area contributed by atoms with Crippen molar-refractivity contribution in [1.82, 2.24) is 4.57 Å². The zero-order valence-corrected chi connectivity index (χ0v) is 16.1. The number of nitrogens with zero attached hydrogens (tertiary/aromatic N) is 2. The lowest BCUT2D eigenvalue weighted by atomic mass is 10.2. The smallest absolute Gasteiger partial charge is 0.279 e. The molecule has 0 saturated heterocycles. The Kier molecular flexibility index (Phi) is 5.04. The molecule has 0 atom stereocenters. The van der Waals surface area contributed by atoms with E-state index >= 15 is 0 Å². The molecular weight excluding hydrogens is 376 g/mol. The molecule has 0 spiro atoms. The molecule has 0 N–H and O–H groups in total. The number of thiazole rings is 1. The van der Waals surface area contributed by atoms with Crippen LogP contribution in [0.15, 0.2) is 41.4 Å². The number of ether oxygens (including phenoxy) is 3. The molecule has 1 aliphatic heterocycles. The van der Waals surface area contributed by atoms with Crippen LogP contribution in [0.25, 0.3) is 10.2 Å². The lowest BCUT2D eigenvalue weighted by molar-refractivity contribution is 0.0998. The molecule has 0 fully saturated rings. The first-order chi connectivity index (χ1) is 13.7. The molecule has 28 heavy (non-hydrogen) atoms. The van der Waals surface area contributed by atoms with Gasteiger partial charge in [0, 0.05) is 17.7 Å². The molecule has 1 aliphatic rings. The second-order valence-corrected chi connectivity index (χ2v) is 7.02. The summed E-state index contributed by atoms with van der Waals surface area (Å²) in [6.45, 7) is 3.80. The molecule has 0 saturated carbocycles. The fourth-order valence-corrected chi connectivity index (χ4v) is 3.99. The highest BCUT2D eigenvalue weighted by Gasteiger charge is 2.16. The Hall–Kier alpha value is -3.24. The molecule has 0 bridgehead atoms. The fourth-order valence-electron chi connectivity index (χ4n) is 2.95. The van der Waals surface area contributed by atoms with Crippen molar-refractivity contribution >= 4 is 27.5 Å². The highest BCUT2D eigenvalue weighted by Crippen LogP contribution is 2.35. The second kappa shape index (κ2) is 7.79. The third kappa shape index (κ3) is 3.47. The maximum absolute atomic E-state index is 12.7. The SMILES string of the molecule is C#CCn1c(=NC(=O)c2ccc(OCC)cc2)sc2cc3c(cc21)OCCO3. The molecule has 0 radical (unpaired) electrons. The van der Waals surface area contributed by atoms with Crippen molar-refractivity contribution in [3.8, 4) is 29.6 Å². The van der Waals surface area contributed by atoms with Gasteiger partial charge in [-0.2, -0.15) is 4.99 Å². The topological polar surface area (TPSA) is 62.1 Å². The van der Waals surface area contributed by atoms with Crippen LogP contribution in [0.5, 0.6) is 17.2 Å². The molecule has 2 heterocycles. The first-order valence-electron chi connectivity index (χ1n) is 8.88. The number of carbonyl (C=O) groups is 1. The number of hydrogen-bond donors (Lipinski definition) is 0. The van der Waals surface area contributed by atoms with Crippen molar-refractivity contribution < 1.29 is 19.0 Å². The van der Waals surface area contributed by atoms with E-state index in [2.05, 4.69) is 10.9 Å². The normalized spacial score (nSPS) is 13.4. The number of carbonyl (C=O) groups excluding carboxylic acids is 1. The summed E-state index contributed by atoms with van der Waals surface area (Å²) in [5.41, 5.74) is 1.35. The van der Waals surface area contributed by atoms with E-state index in [1.807, 2.05) is 23.6 Å². The van der Waals surface area contributed by atoms with E-state index in [0.29, 0.717) is 54.0 Å². The van der Waals surface area contributed by atoms with Crippen LogP contribution in [0.3, 0.4) is 0 Å². The van der Waals surface area contributed by atoms with E-state index in [1.54, 1.807) is 24.3 Å². The van der Waals surface area contributed by atoms with Gasteiger partial charge in [0.05, 0.1) is 23.4 Å². The van der Waals surface area contributed by atoms with E-state index in [0.717, 1.165) is 10.2 Å². The summed E-state index contributed by atoms with van der Waals surface area (Å²) in [5.74, 6) is 4.37. The van der Waals surface area contributed by atoms with Crippen LogP contribution >= 0.6 is 11.3 Å². The van der Waals surface area contributed by atoms with Gasteiger partial charge < -0.3 is 18.8 Å². The van der Waals surface area contributed by atoms with Crippen molar-refractivity contribution in [3.05, 3.63) is 46.8 Å². The Morgan fingerprint density at radius 3 is 2.64 bits per heavy atom. The maximum atomic E-state index is 12.7. The van der Waals surface area contributed by atoms with Crippen molar-refractivity contribution in [2.24, 2.45) is 4.99 Å². The number of hydrogen-bond acceptors (Lipinski definition) is 5. The second-order valence-electron chi connectivity index (χ2n) is 6.01. The summed E-state index contributed by atoms with van der Waals surface area (Å²) in [7, 11) is 0. The summed E-state index contributed by atoms with van der Waals surface area (Å²) in [4.78, 5) is 17.5. The number of terminal acetylenes is 1. The Labute approximate surface area is 166 Å². The van der Waals surface area contributed by atoms with Crippen molar-refractivity contribution in [3.63, 3.8) is 0 Å². The number of benzene rings is 2. The molecular formula is C21H18N2O4S. The molecule has 4 rings (SSSR count). The average Bonchev–Trinajstić information content (AvgIpc) is 3.03. The minimum atomic E-state index is -0.336. The molecule has 0 unspecified atom stereocenters. The third-order valence-corrected chi connectivity index (χ3v) is 5.25. The Balaban J connectivity index is 1.77. The van der Waals surface area contributed by atoms with E-state index in [4.69, 9.17) is 20.6 Å². The van der Waals surface area contributed by atoms with Crippen LogP contribution in [0.4, 0.5) is 0 Å². The number of aromatic nitrogens is 1. The molecule has 3 aromatic rings. The monoisotopic (exact) mass is 394 g/mol. The largest absolute Gasteiger partial charge is 0.494 e. The molecule has 6 nitrogen and oxygen atoms in total. The zero-order valence-electron chi connectivity index (χ0n) is 15.3. The van der Waals surface area contributed by atoms with Crippen LogP contribution in [0.1, 0.15) is 17.3 Å². The summed E-state index contributed by atoms with van der Waals surface area (Å²) in [6, 6.07) is 10.7. The lowest BCUT2D eigenvalue weighted by Crippen LogP contribution is -2.17. The maximum Gasteiger partial charge on any atom is 0.279 e. The van der Waals surface area contributed by atoms with Gasteiger partial charge in [0.2, 0.25) is 0 Å². The summed E-state index contributed by atoms with van der Waals surface area (Å²) < 4.78 is 19.5. The molecule has 1 aromatic heterocycles. The number of fused-ring (bicyclic) bond motifs is 2. The van der Waals surface area contributed by atoms with Crippen LogP contribution in [-0.4, -0.2) is 30.3 Å². The van der Waals surface area contributed by atoms with Gasteiger partial charge >= 0.3 is 0 Å². The highest BCUT2D eigenvalue weighted by atomic mass is 32.1. The van der Waals surface area contributed by atoms with Crippen molar-refractivity contribution in [2.75, 3.05) is 19.8 Å². The quantitative estimate of drug-likeness (QED) is 0.638. The first kappa shape index (κ1) is 18.1. The molecule has 1 amide bonds. The summed E-state index contributed by atoms with van der Waals surface area (Å²) in [5, 5.41) is 0. The van der Waals surface area contributed by atoms with Gasteiger partial charge in [-0.1, -0.05) is 17.3 Å². The van der Waals surface area contributed by atoms with Gasteiger partial charge in [-0.3, -0.25) is 4.79 Å². The predicted molar refractivity (Wildman–Crippen MR) is 107 cm³/mol. The van der Waals surface area contributed by atoms with Gasteiger partial charge in [0.1, 0.15) is 19.0 Å². The molecule has 2 aromatic carbocycles. The minimum Gasteiger partial charge on any atom is -0.494 e. The standard InChI is InChI=1S/C21H18N2O4S/c1-3-9-23-16-12-17-18(27-11-10-26-17)13-19(16)28-21(23)22-20(24)14-5-7-15(8-6-14)25-4-2/h1,5-8,12-13H,4,9-11H2,2H3. The van der Waals surface area contributed by atoms with Crippen LogP contribution < -0.4 is 19.0 Å². The average molecular weight is 394 g/mol. The van der Waals surface area contributed by atoms with Crippen LogP contribution in [-0.2, 0) is 6.54 Å². The van der Waals surface area contributed by atoms with Crippen molar-refractivity contribution in [2.45, 2.75) is 13.5 Å². The fraction of sp³-hybridized carbons (Fsp3) is 0.238. The predicted octanol–water partition coefficient (Wildman–Crippen LogP) is 3.25. The van der Waals surface area contributed by atoms with E-state index in [9.17, 15) is 4.79 Å². The Bertz CT molecular complexity index is 1140. The van der Waals surface area contributed by atoms with Gasteiger partial charge in [-0.05, 0) is 31.2 Å². The summed E-state index contributed by atoms with van der Waals surface area (Å²) in [6.07, 6.45) is 5.54. The first-order valence-corrected chi connectivity index (χ1v) is 9.69. The zero-order chi connectivity index (χ0) is 19.5. The Morgan fingerprint density at radius 1 is 1.25 bits per heavy atom. The number of rotatable bonds is 4. The van der Waals surface area contributed by atoms with Gasteiger partial charge in [0.25, 0.3) is 5.91 Å². The minimum absolute atomic E-state index is 0.301. The van der Waals surface area contributed by atoms with Crippen LogP contribution in [0.2, 0.25) is 0 Å². The van der Waals surface area contributed by atoms with Gasteiger partial charge in [0.15, 0.2) is 16.3 Å².